The molecule has 1 heterocycles. The van der Waals surface area contributed by atoms with Gasteiger partial charge in [0.2, 0.25) is 5.89 Å². The molecule has 0 saturated heterocycles. The van der Waals surface area contributed by atoms with Crippen molar-refractivity contribution in [2.24, 2.45) is 22.7 Å². The van der Waals surface area contributed by atoms with Crippen LogP contribution in [0.25, 0.3) is 0 Å². The Bertz CT molecular complexity index is 1180. The largest absolute Gasteiger partial charge is 0.445 e. The minimum absolute atomic E-state index is 0.0464. The topological polar surface area (TPSA) is 86.7 Å². The van der Waals surface area contributed by atoms with Crippen molar-refractivity contribution in [2.75, 3.05) is 0 Å². The fourth-order valence-corrected chi connectivity index (χ4v) is 8.54. The smallest absolute Gasteiger partial charge is 0.203 e. The molecule has 0 aromatic carbocycles. The molecule has 41 heavy (non-hydrogen) atoms. The molecule has 5 nitrogen and oxygen atoms in total. The van der Waals surface area contributed by atoms with E-state index in [0.29, 0.717) is 30.6 Å². The van der Waals surface area contributed by atoms with Gasteiger partial charge in [-0.1, -0.05) is 77.0 Å². The van der Waals surface area contributed by atoms with Crippen molar-refractivity contribution in [2.45, 2.75) is 135 Å². The van der Waals surface area contributed by atoms with Crippen molar-refractivity contribution in [1.82, 2.24) is 4.98 Å². The quantitative estimate of drug-likeness (QED) is 0.202. The van der Waals surface area contributed by atoms with E-state index < -0.39 is 18.3 Å². The second-order valence-electron chi connectivity index (χ2n) is 14.5. The zero-order chi connectivity index (χ0) is 29.4. The molecule has 0 bridgehead atoms. The zero-order valence-corrected chi connectivity index (χ0v) is 25.9. The highest BCUT2D eigenvalue weighted by molar-refractivity contribution is 5.39. The van der Waals surface area contributed by atoms with Crippen molar-refractivity contribution >= 4 is 0 Å². The SMILES string of the molecule is C=C1C(=CC=C2CCC[C@]3(C)[C@@H](C(C)(C)C=C[C@H](O)C4(c5ncc(CCCCC)o5)CC4)CC[C@@H]23)C[C@@H](O)C[C@@H]1O. The van der Waals surface area contributed by atoms with E-state index in [4.69, 9.17) is 4.42 Å². The van der Waals surface area contributed by atoms with Crippen LogP contribution in [0.3, 0.4) is 0 Å². The summed E-state index contributed by atoms with van der Waals surface area (Å²) in [5.74, 6) is 2.72. The summed E-state index contributed by atoms with van der Waals surface area (Å²) in [5, 5.41) is 31.8. The first-order valence-corrected chi connectivity index (χ1v) is 16.3. The summed E-state index contributed by atoms with van der Waals surface area (Å²) in [6, 6.07) is 0. The Morgan fingerprint density at radius 1 is 1.17 bits per heavy atom. The lowest BCUT2D eigenvalue weighted by molar-refractivity contribution is 0.0705. The summed E-state index contributed by atoms with van der Waals surface area (Å²) in [5.41, 5.74) is 3.04. The molecule has 4 saturated carbocycles. The monoisotopic (exact) mass is 563 g/mol. The normalized spacial score (nSPS) is 34.5. The summed E-state index contributed by atoms with van der Waals surface area (Å²) >= 11 is 0. The molecule has 6 atom stereocenters. The predicted molar refractivity (Wildman–Crippen MR) is 164 cm³/mol. The molecule has 0 spiro atoms. The Morgan fingerprint density at radius 3 is 2.68 bits per heavy atom. The highest BCUT2D eigenvalue weighted by Crippen LogP contribution is 2.62. The molecule has 0 amide bonds. The first kappa shape index (κ1) is 30.5. The lowest BCUT2D eigenvalue weighted by Gasteiger charge is -2.47. The van der Waals surface area contributed by atoms with E-state index in [1.807, 2.05) is 12.3 Å². The van der Waals surface area contributed by atoms with Gasteiger partial charge >= 0.3 is 0 Å². The molecule has 4 aliphatic rings. The molecule has 4 aliphatic carbocycles. The highest BCUT2D eigenvalue weighted by Gasteiger charge is 2.55. The van der Waals surface area contributed by atoms with Gasteiger partial charge in [-0.05, 0) is 91.6 Å². The van der Waals surface area contributed by atoms with Crippen LogP contribution >= 0.6 is 0 Å². The van der Waals surface area contributed by atoms with Gasteiger partial charge in [0.15, 0.2) is 0 Å². The lowest BCUT2D eigenvalue weighted by atomic mass is 9.57. The van der Waals surface area contributed by atoms with Gasteiger partial charge in [0.05, 0.1) is 29.9 Å². The van der Waals surface area contributed by atoms with Gasteiger partial charge in [0, 0.05) is 12.8 Å². The van der Waals surface area contributed by atoms with E-state index in [0.717, 1.165) is 49.0 Å². The third-order valence-corrected chi connectivity index (χ3v) is 11.2. The molecular weight excluding hydrogens is 510 g/mol. The average Bonchev–Trinajstić information content (AvgIpc) is 3.45. The van der Waals surface area contributed by atoms with E-state index >= 15 is 0 Å². The number of aryl methyl sites for hydroxylation is 1. The summed E-state index contributed by atoms with van der Waals surface area (Å²) in [6.45, 7) is 13.5. The first-order chi connectivity index (χ1) is 19.5. The molecule has 0 radical (unpaired) electrons. The number of rotatable bonds is 10. The van der Waals surface area contributed by atoms with E-state index in [-0.39, 0.29) is 16.2 Å². The number of aromatic nitrogens is 1. The summed E-state index contributed by atoms with van der Waals surface area (Å²) in [4.78, 5) is 4.60. The molecule has 0 aliphatic heterocycles. The number of aliphatic hydroxyl groups excluding tert-OH is 3. The minimum atomic E-state index is -0.648. The maximum atomic E-state index is 11.4. The van der Waals surface area contributed by atoms with E-state index in [1.54, 1.807) is 0 Å². The number of hydrogen-bond acceptors (Lipinski definition) is 5. The van der Waals surface area contributed by atoms with Gasteiger partial charge in [0.1, 0.15) is 5.76 Å². The Balaban J connectivity index is 1.28. The van der Waals surface area contributed by atoms with Gasteiger partial charge in [-0.15, -0.1) is 0 Å². The predicted octanol–water partition coefficient (Wildman–Crippen LogP) is 7.52. The molecule has 226 valence electrons. The Labute approximate surface area is 247 Å². The minimum Gasteiger partial charge on any atom is -0.445 e. The highest BCUT2D eigenvalue weighted by atomic mass is 16.4. The van der Waals surface area contributed by atoms with Crippen molar-refractivity contribution < 1.29 is 19.7 Å². The van der Waals surface area contributed by atoms with E-state index in [2.05, 4.69) is 57.5 Å². The van der Waals surface area contributed by atoms with Crippen molar-refractivity contribution in [3.63, 3.8) is 0 Å². The molecule has 0 unspecified atom stereocenters. The van der Waals surface area contributed by atoms with Crippen LogP contribution in [0.1, 0.15) is 116 Å². The van der Waals surface area contributed by atoms with Gasteiger partial charge in [-0.25, -0.2) is 4.98 Å². The first-order valence-electron chi connectivity index (χ1n) is 16.3. The van der Waals surface area contributed by atoms with Gasteiger partial charge in [-0.2, -0.15) is 0 Å². The number of aliphatic hydroxyl groups is 3. The molecule has 4 fully saturated rings. The molecule has 3 N–H and O–H groups in total. The molecule has 1 aromatic heterocycles. The molecule has 5 heteroatoms. The molecular formula is C36H53NO4. The van der Waals surface area contributed by atoms with Crippen molar-refractivity contribution in [3.05, 3.63) is 65.5 Å². The third kappa shape index (κ3) is 6.10. The van der Waals surface area contributed by atoms with E-state index in [9.17, 15) is 15.3 Å². The Kier molecular flexibility index (Phi) is 8.91. The number of hydrogen-bond donors (Lipinski definition) is 3. The number of allylic oxidation sites excluding steroid dienone is 4. The van der Waals surface area contributed by atoms with Crippen LogP contribution in [-0.4, -0.2) is 38.6 Å². The number of fused-ring (bicyclic) bond motifs is 1. The van der Waals surface area contributed by atoms with Crippen LogP contribution in [0.15, 0.2) is 58.2 Å². The average molecular weight is 564 g/mol. The number of oxazole rings is 1. The number of unbranched alkanes of at least 4 members (excludes halogenated alkanes) is 2. The summed E-state index contributed by atoms with van der Waals surface area (Å²) < 4.78 is 6.14. The van der Waals surface area contributed by atoms with Crippen LogP contribution in [0.2, 0.25) is 0 Å². The van der Waals surface area contributed by atoms with Crippen molar-refractivity contribution in [3.8, 4) is 0 Å². The summed E-state index contributed by atoms with van der Waals surface area (Å²) in [6.07, 6.45) is 22.0. The van der Waals surface area contributed by atoms with Crippen LogP contribution in [-0.2, 0) is 11.8 Å². The molecule has 1 aromatic rings. The fraction of sp³-hybridized carbons (Fsp3) is 0.694. The van der Waals surface area contributed by atoms with Gasteiger partial charge in [-0.3, -0.25) is 0 Å². The maximum absolute atomic E-state index is 11.4. The van der Waals surface area contributed by atoms with Crippen molar-refractivity contribution in [1.29, 1.82) is 0 Å². The van der Waals surface area contributed by atoms with Crippen LogP contribution in [0.4, 0.5) is 0 Å². The number of nitrogens with zero attached hydrogens (tertiary/aromatic N) is 1. The fourth-order valence-electron chi connectivity index (χ4n) is 8.54. The Morgan fingerprint density at radius 2 is 1.95 bits per heavy atom. The maximum Gasteiger partial charge on any atom is 0.203 e. The zero-order valence-electron chi connectivity index (χ0n) is 25.9. The Hall–Kier alpha value is -1.95. The second-order valence-corrected chi connectivity index (χ2v) is 14.5. The third-order valence-electron chi connectivity index (χ3n) is 11.2. The van der Waals surface area contributed by atoms with Crippen LogP contribution in [0, 0.1) is 22.7 Å². The van der Waals surface area contributed by atoms with E-state index in [1.165, 1.54) is 44.1 Å². The summed E-state index contributed by atoms with van der Waals surface area (Å²) in [7, 11) is 0. The molecule has 5 rings (SSSR count). The second kappa shape index (κ2) is 12.0. The van der Waals surface area contributed by atoms with Gasteiger partial charge in [0.25, 0.3) is 0 Å². The lowest BCUT2D eigenvalue weighted by Crippen LogP contribution is -2.39. The van der Waals surface area contributed by atoms with Crippen LogP contribution < -0.4 is 0 Å². The van der Waals surface area contributed by atoms with Crippen LogP contribution in [0.5, 0.6) is 0 Å². The standard InChI is InChI=1S/C36H53NO4/c1-6-7-8-11-28-23-37-33(41-28)36(19-20-36)32(40)16-18-34(3,4)31-15-14-29-25(10-9-17-35(29,31)5)12-13-26-21-27(38)22-30(39)24(26)2/h12-13,16,18,23,27,29-32,38-40H,2,6-11,14-15,17,19-22H2,1,3-5H3/t27-,29+,30+,31-,32+,35+/m1/s1. The van der Waals surface area contributed by atoms with Gasteiger partial charge < -0.3 is 19.7 Å².